The van der Waals surface area contributed by atoms with Crippen molar-refractivity contribution in [1.82, 2.24) is 20.1 Å². The molecular formula is C13H14BrN5O2S. The number of amides is 2. The molecule has 0 aliphatic carbocycles. The standard InChI is InChI=1S/C13H14BrN5O2S/c1-17-10-11(18(2)13(17)21)19(12(22)16-10)15-6-7-5-8(14)3-4-9(7)20/h3-6,10-11,20H,1-2H3,(H,16,22)/b15-6+. The van der Waals surface area contributed by atoms with Gasteiger partial charge in [0.25, 0.3) is 0 Å². The van der Waals surface area contributed by atoms with E-state index in [9.17, 15) is 9.90 Å². The molecule has 2 N–H and O–H groups in total. The van der Waals surface area contributed by atoms with Gasteiger partial charge in [-0.05, 0) is 30.4 Å². The minimum Gasteiger partial charge on any atom is -0.507 e. The average Bonchev–Trinajstić information content (AvgIpc) is 2.91. The maximum absolute atomic E-state index is 12.0. The smallest absolute Gasteiger partial charge is 0.323 e. The minimum atomic E-state index is -0.310. The number of nitrogens with zero attached hydrogens (tertiary/aromatic N) is 4. The van der Waals surface area contributed by atoms with Crippen LogP contribution in [-0.4, -0.2) is 63.7 Å². The number of likely N-dealkylation sites (N-methyl/N-ethyl adjacent to an activating group) is 2. The molecule has 2 atom stereocenters. The van der Waals surface area contributed by atoms with Crippen LogP contribution in [-0.2, 0) is 0 Å². The van der Waals surface area contributed by atoms with Crippen molar-refractivity contribution in [1.29, 1.82) is 0 Å². The van der Waals surface area contributed by atoms with E-state index >= 15 is 0 Å². The molecule has 0 spiro atoms. The molecule has 2 aliphatic heterocycles. The highest BCUT2D eigenvalue weighted by Crippen LogP contribution is 2.27. The molecule has 2 aliphatic rings. The number of hydrogen-bond acceptors (Lipinski definition) is 4. The topological polar surface area (TPSA) is 71.4 Å². The van der Waals surface area contributed by atoms with Crippen LogP contribution < -0.4 is 5.32 Å². The Labute approximate surface area is 141 Å². The third kappa shape index (κ3) is 2.30. The SMILES string of the molecule is CN1C(=O)N(C)C2C1NC(=S)N2/N=C/c1cc(Br)ccc1O. The van der Waals surface area contributed by atoms with Crippen molar-refractivity contribution < 1.29 is 9.90 Å². The van der Waals surface area contributed by atoms with Gasteiger partial charge in [0.05, 0.1) is 6.21 Å². The monoisotopic (exact) mass is 383 g/mol. The fourth-order valence-corrected chi connectivity index (χ4v) is 3.20. The van der Waals surface area contributed by atoms with Gasteiger partial charge in [0.15, 0.2) is 11.3 Å². The van der Waals surface area contributed by atoms with Gasteiger partial charge in [-0.25, -0.2) is 9.80 Å². The molecule has 2 unspecified atom stereocenters. The largest absolute Gasteiger partial charge is 0.507 e. The van der Waals surface area contributed by atoms with Crippen molar-refractivity contribution in [3.8, 4) is 5.75 Å². The summed E-state index contributed by atoms with van der Waals surface area (Å²) in [5.74, 6) is 0.120. The van der Waals surface area contributed by atoms with Crippen LogP contribution in [0.3, 0.4) is 0 Å². The van der Waals surface area contributed by atoms with Crippen LogP contribution in [0.25, 0.3) is 0 Å². The predicted octanol–water partition coefficient (Wildman–Crippen LogP) is 1.33. The van der Waals surface area contributed by atoms with Crippen LogP contribution >= 0.6 is 28.1 Å². The summed E-state index contributed by atoms with van der Waals surface area (Å²) in [5, 5.41) is 19.3. The number of aromatic hydroxyl groups is 1. The fourth-order valence-electron chi connectivity index (χ4n) is 2.55. The third-order valence-electron chi connectivity index (χ3n) is 3.74. The zero-order chi connectivity index (χ0) is 16.0. The summed E-state index contributed by atoms with van der Waals surface area (Å²) in [5.41, 5.74) is 0.556. The lowest BCUT2D eigenvalue weighted by molar-refractivity contribution is 0.174. The van der Waals surface area contributed by atoms with E-state index in [1.165, 1.54) is 6.21 Å². The number of nitrogens with one attached hydrogen (secondary N) is 1. The normalized spacial score (nSPS) is 24.4. The first kappa shape index (κ1) is 15.0. The highest BCUT2D eigenvalue weighted by molar-refractivity contribution is 9.10. The summed E-state index contributed by atoms with van der Waals surface area (Å²) < 4.78 is 0.833. The fraction of sp³-hybridized carbons (Fsp3) is 0.308. The zero-order valence-electron chi connectivity index (χ0n) is 11.9. The summed E-state index contributed by atoms with van der Waals surface area (Å²) >= 11 is 8.63. The summed E-state index contributed by atoms with van der Waals surface area (Å²) in [6.45, 7) is 0. The van der Waals surface area contributed by atoms with Crippen molar-refractivity contribution in [2.75, 3.05) is 14.1 Å². The van der Waals surface area contributed by atoms with Crippen molar-refractivity contribution in [2.45, 2.75) is 12.3 Å². The van der Waals surface area contributed by atoms with E-state index in [0.29, 0.717) is 10.7 Å². The summed E-state index contributed by atoms with van der Waals surface area (Å²) in [6.07, 6.45) is 0.974. The number of urea groups is 1. The highest BCUT2D eigenvalue weighted by Gasteiger charge is 2.51. The number of halogens is 1. The van der Waals surface area contributed by atoms with Crippen LogP contribution in [0.5, 0.6) is 5.75 Å². The molecule has 2 amide bonds. The molecule has 0 aromatic heterocycles. The molecule has 9 heteroatoms. The van der Waals surface area contributed by atoms with E-state index in [0.717, 1.165) is 4.47 Å². The number of fused-ring (bicyclic) bond motifs is 1. The maximum atomic E-state index is 12.0. The Morgan fingerprint density at radius 3 is 2.86 bits per heavy atom. The number of benzene rings is 1. The molecule has 2 fully saturated rings. The van der Waals surface area contributed by atoms with Crippen molar-refractivity contribution in [3.05, 3.63) is 28.2 Å². The van der Waals surface area contributed by atoms with E-state index < -0.39 is 0 Å². The van der Waals surface area contributed by atoms with E-state index in [1.54, 1.807) is 47.1 Å². The van der Waals surface area contributed by atoms with Gasteiger partial charge >= 0.3 is 6.03 Å². The maximum Gasteiger partial charge on any atom is 0.323 e. The number of hydrazone groups is 1. The molecule has 7 nitrogen and oxygen atoms in total. The first-order valence-corrected chi connectivity index (χ1v) is 7.72. The van der Waals surface area contributed by atoms with Crippen molar-refractivity contribution >= 4 is 45.5 Å². The van der Waals surface area contributed by atoms with E-state index in [4.69, 9.17) is 12.2 Å². The molecular weight excluding hydrogens is 370 g/mol. The van der Waals surface area contributed by atoms with Gasteiger partial charge < -0.3 is 20.2 Å². The van der Waals surface area contributed by atoms with E-state index in [-0.39, 0.29) is 24.1 Å². The molecule has 1 aromatic carbocycles. The Bertz CT molecular complexity index is 682. The molecule has 0 bridgehead atoms. The molecule has 2 saturated heterocycles. The van der Waals surface area contributed by atoms with Gasteiger partial charge in [-0.1, -0.05) is 15.9 Å². The van der Waals surface area contributed by atoms with Gasteiger partial charge in [-0.15, -0.1) is 0 Å². The van der Waals surface area contributed by atoms with Crippen molar-refractivity contribution in [2.24, 2.45) is 5.10 Å². The summed E-state index contributed by atoms with van der Waals surface area (Å²) in [6, 6.07) is 4.96. The quantitative estimate of drug-likeness (QED) is 0.595. The Kier molecular flexibility index (Phi) is 3.69. The Balaban J connectivity index is 1.88. The molecule has 0 radical (unpaired) electrons. The van der Waals surface area contributed by atoms with E-state index in [2.05, 4.69) is 26.3 Å². The number of phenolic OH excluding ortho intramolecular Hbond substituents is 1. The van der Waals surface area contributed by atoms with Crippen LogP contribution in [0, 0.1) is 0 Å². The Morgan fingerprint density at radius 1 is 1.41 bits per heavy atom. The minimum absolute atomic E-state index is 0.101. The first-order chi connectivity index (χ1) is 10.4. The van der Waals surface area contributed by atoms with Gasteiger partial charge in [0, 0.05) is 24.1 Å². The van der Waals surface area contributed by atoms with E-state index in [1.807, 2.05) is 0 Å². The number of carbonyl (C=O) groups excluding carboxylic acids is 1. The Hall–Kier alpha value is -1.87. The molecule has 1 aromatic rings. The lowest BCUT2D eigenvalue weighted by Crippen LogP contribution is -2.41. The van der Waals surface area contributed by atoms with Gasteiger partial charge in [0.2, 0.25) is 0 Å². The lowest BCUT2D eigenvalue weighted by Gasteiger charge is -2.23. The number of hydrogen-bond donors (Lipinski definition) is 2. The molecule has 3 rings (SSSR count). The predicted molar refractivity (Wildman–Crippen MR) is 89.5 cm³/mol. The first-order valence-electron chi connectivity index (χ1n) is 6.52. The summed E-state index contributed by atoms with van der Waals surface area (Å²) in [7, 11) is 3.42. The number of phenols is 1. The van der Waals surface area contributed by atoms with Gasteiger partial charge in [-0.2, -0.15) is 5.10 Å². The van der Waals surface area contributed by atoms with Crippen molar-refractivity contribution in [3.63, 3.8) is 0 Å². The molecule has 2 heterocycles. The zero-order valence-corrected chi connectivity index (χ0v) is 14.3. The van der Waals surface area contributed by atoms with Gasteiger partial charge in [0.1, 0.15) is 11.9 Å². The van der Waals surface area contributed by atoms with Crippen LogP contribution in [0.15, 0.2) is 27.8 Å². The Morgan fingerprint density at radius 2 is 2.14 bits per heavy atom. The number of carbonyl (C=O) groups is 1. The second-order valence-electron chi connectivity index (χ2n) is 5.10. The molecule has 116 valence electrons. The highest BCUT2D eigenvalue weighted by atomic mass is 79.9. The lowest BCUT2D eigenvalue weighted by atomic mass is 10.2. The second kappa shape index (κ2) is 5.40. The molecule has 22 heavy (non-hydrogen) atoms. The number of rotatable bonds is 2. The third-order valence-corrected chi connectivity index (χ3v) is 4.54. The second-order valence-corrected chi connectivity index (χ2v) is 6.41. The van der Waals surface area contributed by atoms with Crippen LogP contribution in [0.4, 0.5) is 4.79 Å². The summed E-state index contributed by atoms with van der Waals surface area (Å²) in [4.78, 5) is 15.2. The average molecular weight is 384 g/mol. The molecule has 0 saturated carbocycles. The number of thiocarbonyl (C=S) groups is 1. The van der Waals surface area contributed by atoms with Crippen LogP contribution in [0.2, 0.25) is 0 Å². The van der Waals surface area contributed by atoms with Crippen LogP contribution in [0.1, 0.15) is 5.56 Å². The van der Waals surface area contributed by atoms with Gasteiger partial charge in [-0.3, -0.25) is 0 Å².